The monoisotopic (exact) mass is 466 g/mol. The van der Waals surface area contributed by atoms with Crippen LogP contribution in [0.15, 0.2) is 72.3 Å². The molecule has 0 aliphatic carbocycles. The van der Waals surface area contributed by atoms with Crippen LogP contribution in [0.4, 0.5) is 18.3 Å². The highest BCUT2D eigenvalue weighted by atomic mass is 32.1. The van der Waals surface area contributed by atoms with Gasteiger partial charge in [-0.25, -0.2) is 18.2 Å². The van der Waals surface area contributed by atoms with Gasteiger partial charge in [0, 0.05) is 5.56 Å². The lowest BCUT2D eigenvalue weighted by atomic mass is 9.95. The van der Waals surface area contributed by atoms with Crippen molar-refractivity contribution in [3.63, 3.8) is 0 Å². The fourth-order valence-electron chi connectivity index (χ4n) is 3.74. The van der Waals surface area contributed by atoms with Crippen molar-refractivity contribution in [2.75, 3.05) is 4.90 Å². The number of anilines is 1. The average Bonchev–Trinajstić information content (AvgIpc) is 3.32. The van der Waals surface area contributed by atoms with Gasteiger partial charge in [0.15, 0.2) is 5.13 Å². The molecule has 1 saturated heterocycles. The molecule has 3 aromatic carbocycles. The molecular formula is C24H13F3N2O3S. The van der Waals surface area contributed by atoms with E-state index in [2.05, 4.69) is 4.98 Å². The zero-order valence-electron chi connectivity index (χ0n) is 16.6. The minimum Gasteiger partial charge on any atom is -0.507 e. The number of thiazole rings is 1. The molecule has 1 aliphatic rings. The van der Waals surface area contributed by atoms with Crippen molar-refractivity contribution >= 4 is 44.1 Å². The number of rotatable bonds is 3. The van der Waals surface area contributed by atoms with Gasteiger partial charge in [0.25, 0.3) is 5.78 Å². The zero-order chi connectivity index (χ0) is 23.3. The first-order chi connectivity index (χ1) is 15.8. The number of carbonyl (C=O) groups is 2. The molecule has 0 spiro atoms. The number of hydrogen-bond donors (Lipinski definition) is 1. The minimum atomic E-state index is -1.12. The van der Waals surface area contributed by atoms with Crippen LogP contribution in [0.3, 0.4) is 0 Å². The van der Waals surface area contributed by atoms with Crippen LogP contribution in [0.2, 0.25) is 0 Å². The van der Waals surface area contributed by atoms with E-state index in [4.69, 9.17) is 0 Å². The number of hydrogen-bond acceptors (Lipinski definition) is 5. The fraction of sp³-hybridized carbons (Fsp3) is 0.0417. The van der Waals surface area contributed by atoms with Gasteiger partial charge in [0.05, 0.1) is 21.8 Å². The van der Waals surface area contributed by atoms with Gasteiger partial charge in [-0.2, -0.15) is 0 Å². The topological polar surface area (TPSA) is 70.5 Å². The van der Waals surface area contributed by atoms with E-state index in [1.165, 1.54) is 54.6 Å². The van der Waals surface area contributed by atoms with E-state index in [1.54, 1.807) is 0 Å². The molecule has 1 atom stereocenters. The number of nitrogens with zero attached hydrogens (tertiary/aromatic N) is 2. The average molecular weight is 466 g/mol. The maximum atomic E-state index is 13.7. The van der Waals surface area contributed by atoms with E-state index >= 15 is 0 Å². The summed E-state index contributed by atoms with van der Waals surface area (Å²) in [6.45, 7) is 0. The summed E-state index contributed by atoms with van der Waals surface area (Å²) < 4.78 is 41.1. The molecule has 0 bridgehead atoms. The molecule has 2 heterocycles. The molecule has 33 heavy (non-hydrogen) atoms. The lowest BCUT2D eigenvalue weighted by Crippen LogP contribution is -2.29. The molecule has 1 N–H and O–H groups in total. The molecule has 0 radical (unpaired) electrons. The third-order valence-corrected chi connectivity index (χ3v) is 6.31. The second-order valence-corrected chi connectivity index (χ2v) is 8.35. The Morgan fingerprint density at radius 1 is 0.879 bits per heavy atom. The van der Waals surface area contributed by atoms with Crippen molar-refractivity contribution in [3.8, 4) is 0 Å². The minimum absolute atomic E-state index is 0.116. The first kappa shape index (κ1) is 20.9. The Kier molecular flexibility index (Phi) is 4.98. The Morgan fingerprint density at radius 2 is 1.48 bits per heavy atom. The normalized spacial score (nSPS) is 17.8. The van der Waals surface area contributed by atoms with Crippen LogP contribution in [0.1, 0.15) is 17.2 Å². The first-order valence-electron chi connectivity index (χ1n) is 9.72. The number of carbonyl (C=O) groups excluding carboxylic acids is 2. The number of amides is 1. The van der Waals surface area contributed by atoms with E-state index in [0.29, 0.717) is 15.8 Å². The number of aromatic nitrogens is 1. The fourth-order valence-corrected chi connectivity index (χ4v) is 4.76. The van der Waals surface area contributed by atoms with Gasteiger partial charge >= 0.3 is 5.91 Å². The van der Waals surface area contributed by atoms with Gasteiger partial charge in [-0.3, -0.25) is 14.5 Å². The molecule has 1 fully saturated rings. The highest BCUT2D eigenvalue weighted by Crippen LogP contribution is 2.44. The number of halogens is 3. The summed E-state index contributed by atoms with van der Waals surface area (Å²) in [6.07, 6.45) is 0. The highest BCUT2D eigenvalue weighted by molar-refractivity contribution is 7.22. The van der Waals surface area contributed by atoms with Gasteiger partial charge in [0.2, 0.25) is 0 Å². The number of fused-ring (bicyclic) bond motifs is 1. The lowest BCUT2D eigenvalue weighted by molar-refractivity contribution is -0.132. The number of aliphatic hydroxyl groups is 1. The van der Waals surface area contributed by atoms with Crippen LogP contribution in [0.5, 0.6) is 0 Å². The summed E-state index contributed by atoms with van der Waals surface area (Å²) >= 11 is 1.00. The highest BCUT2D eigenvalue weighted by Gasteiger charge is 2.48. The van der Waals surface area contributed by atoms with Gasteiger partial charge < -0.3 is 5.11 Å². The molecule has 9 heteroatoms. The van der Waals surface area contributed by atoms with Gasteiger partial charge in [-0.05, 0) is 60.2 Å². The van der Waals surface area contributed by atoms with E-state index in [-0.39, 0.29) is 16.3 Å². The Balaban J connectivity index is 1.73. The quantitative estimate of drug-likeness (QED) is 0.251. The van der Waals surface area contributed by atoms with Crippen molar-refractivity contribution in [1.82, 2.24) is 4.98 Å². The third-order valence-electron chi connectivity index (χ3n) is 5.29. The molecule has 0 saturated carbocycles. The van der Waals surface area contributed by atoms with E-state index in [9.17, 15) is 27.9 Å². The van der Waals surface area contributed by atoms with Crippen LogP contribution in [0.25, 0.3) is 16.0 Å². The third kappa shape index (κ3) is 3.56. The molecule has 164 valence electrons. The SMILES string of the molecule is O=C1C(=O)N(c2nc3ccc(F)cc3s2)[C@@H](c2ccc(F)cc2)/C1=C(\O)c1ccc(F)cc1. The standard InChI is InChI=1S/C24H13F3N2O3S/c25-14-5-1-12(2-6-14)20-19(21(30)13-3-7-15(26)8-4-13)22(31)23(32)29(20)24-28-17-10-9-16(27)11-18(17)33-24/h1-11,20,30H/b21-19+/t20-/m0/s1. The van der Waals surface area contributed by atoms with Crippen LogP contribution in [-0.4, -0.2) is 21.8 Å². The zero-order valence-corrected chi connectivity index (χ0v) is 17.4. The Bertz CT molecular complexity index is 1450. The van der Waals surface area contributed by atoms with Gasteiger partial charge in [0.1, 0.15) is 23.2 Å². The van der Waals surface area contributed by atoms with Crippen molar-refractivity contribution in [2.24, 2.45) is 0 Å². The van der Waals surface area contributed by atoms with Crippen molar-refractivity contribution in [2.45, 2.75) is 6.04 Å². The predicted octanol–water partition coefficient (Wildman–Crippen LogP) is 5.34. The number of Topliss-reactive ketones (excluding diaryl/α,β-unsaturated/α-hetero) is 1. The Labute approximate surface area is 189 Å². The molecule has 0 unspecified atom stereocenters. The lowest BCUT2D eigenvalue weighted by Gasteiger charge is -2.23. The van der Waals surface area contributed by atoms with Gasteiger partial charge in [-0.15, -0.1) is 0 Å². The van der Waals surface area contributed by atoms with Crippen LogP contribution in [0, 0.1) is 17.5 Å². The summed E-state index contributed by atoms with van der Waals surface area (Å²) in [5, 5.41) is 11.1. The van der Waals surface area contributed by atoms with E-state index in [1.807, 2.05) is 0 Å². The van der Waals surface area contributed by atoms with Crippen LogP contribution >= 0.6 is 11.3 Å². The summed E-state index contributed by atoms with van der Waals surface area (Å²) in [5.41, 5.74) is 0.663. The smallest absolute Gasteiger partial charge is 0.301 e. The number of ketones is 1. The summed E-state index contributed by atoms with van der Waals surface area (Å²) in [6, 6.07) is 12.7. The molecule has 5 rings (SSSR count). The Morgan fingerprint density at radius 3 is 2.15 bits per heavy atom. The molecule has 1 aromatic heterocycles. The van der Waals surface area contributed by atoms with Gasteiger partial charge in [-0.1, -0.05) is 23.5 Å². The number of benzene rings is 3. The maximum Gasteiger partial charge on any atom is 0.301 e. The predicted molar refractivity (Wildman–Crippen MR) is 117 cm³/mol. The van der Waals surface area contributed by atoms with Crippen molar-refractivity contribution in [1.29, 1.82) is 0 Å². The first-order valence-corrected chi connectivity index (χ1v) is 10.5. The summed E-state index contributed by atoms with van der Waals surface area (Å²) in [7, 11) is 0. The second kappa shape index (κ2) is 7.86. The largest absolute Gasteiger partial charge is 0.507 e. The second-order valence-electron chi connectivity index (χ2n) is 7.34. The van der Waals surface area contributed by atoms with E-state index in [0.717, 1.165) is 28.4 Å². The molecular weight excluding hydrogens is 453 g/mol. The van der Waals surface area contributed by atoms with Crippen molar-refractivity contribution < 1.29 is 27.9 Å². The van der Waals surface area contributed by atoms with E-state index < -0.39 is 40.9 Å². The maximum absolute atomic E-state index is 13.7. The van der Waals surface area contributed by atoms with Crippen LogP contribution < -0.4 is 4.90 Å². The molecule has 1 amide bonds. The molecule has 4 aromatic rings. The number of aliphatic hydroxyl groups excluding tert-OH is 1. The van der Waals surface area contributed by atoms with Crippen LogP contribution in [-0.2, 0) is 9.59 Å². The summed E-state index contributed by atoms with van der Waals surface area (Å²) in [4.78, 5) is 31.6. The Hall–Kier alpha value is -3.98. The summed E-state index contributed by atoms with van der Waals surface area (Å²) in [5.74, 6) is -3.97. The molecule has 5 nitrogen and oxygen atoms in total. The molecule has 1 aliphatic heterocycles. The van der Waals surface area contributed by atoms with Crippen molar-refractivity contribution in [3.05, 3.63) is 101 Å².